The first kappa shape index (κ1) is 17.2. The van der Waals surface area contributed by atoms with Crippen LogP contribution in [0.4, 0.5) is 0 Å². The van der Waals surface area contributed by atoms with E-state index in [2.05, 4.69) is 17.1 Å². The number of methoxy groups -OCH3 is 3. The Balaban J connectivity index is 2.24. The van der Waals surface area contributed by atoms with Crippen molar-refractivity contribution in [3.8, 4) is 17.2 Å². The molecule has 6 nitrogen and oxygen atoms in total. The summed E-state index contributed by atoms with van der Waals surface area (Å²) in [4.78, 5) is 7.06. The minimum absolute atomic E-state index is 0.530. The predicted octanol–water partition coefficient (Wildman–Crippen LogP) is 2.27. The van der Waals surface area contributed by atoms with Crippen LogP contribution >= 0.6 is 0 Å². The Bertz CT molecular complexity index is 540. The number of hydrogen-bond donors (Lipinski definition) is 1. The molecule has 0 aromatic heterocycles. The van der Waals surface area contributed by atoms with Crippen LogP contribution in [-0.2, 0) is 6.54 Å². The van der Waals surface area contributed by atoms with E-state index in [1.54, 1.807) is 21.3 Å². The summed E-state index contributed by atoms with van der Waals surface area (Å²) in [6.07, 6.45) is 2.45. The fraction of sp³-hybridized carbons (Fsp3) is 0.588. The SMILES string of the molecule is CCNC(=NCc1cc(OC)c(OC)cc1OC)N1CCCC1. The molecule has 1 aliphatic rings. The summed E-state index contributed by atoms with van der Waals surface area (Å²) in [5, 5.41) is 3.36. The minimum Gasteiger partial charge on any atom is -0.496 e. The maximum Gasteiger partial charge on any atom is 0.194 e. The average Bonchev–Trinajstić information content (AvgIpc) is 3.12. The third-order valence-electron chi connectivity index (χ3n) is 3.93. The quantitative estimate of drug-likeness (QED) is 0.643. The van der Waals surface area contributed by atoms with Crippen molar-refractivity contribution in [1.29, 1.82) is 0 Å². The molecule has 0 bridgehead atoms. The number of likely N-dealkylation sites (tertiary alicyclic amines) is 1. The molecular formula is C17H27N3O3. The highest BCUT2D eigenvalue weighted by Gasteiger charge is 2.16. The lowest BCUT2D eigenvalue weighted by molar-refractivity contribution is 0.347. The minimum atomic E-state index is 0.530. The Labute approximate surface area is 138 Å². The Morgan fingerprint density at radius 3 is 2.22 bits per heavy atom. The Morgan fingerprint density at radius 1 is 1.04 bits per heavy atom. The topological polar surface area (TPSA) is 55.3 Å². The summed E-state index contributed by atoms with van der Waals surface area (Å²) in [6, 6.07) is 3.77. The first-order valence-electron chi connectivity index (χ1n) is 8.05. The molecular weight excluding hydrogens is 294 g/mol. The van der Waals surface area contributed by atoms with Gasteiger partial charge < -0.3 is 24.4 Å². The van der Waals surface area contributed by atoms with Crippen molar-refractivity contribution in [3.05, 3.63) is 17.7 Å². The average molecular weight is 321 g/mol. The van der Waals surface area contributed by atoms with Gasteiger partial charge >= 0.3 is 0 Å². The number of nitrogens with zero attached hydrogens (tertiary/aromatic N) is 2. The zero-order valence-electron chi connectivity index (χ0n) is 14.5. The van der Waals surface area contributed by atoms with Crippen LogP contribution in [0, 0.1) is 0 Å². The number of hydrogen-bond acceptors (Lipinski definition) is 4. The molecule has 1 aromatic carbocycles. The molecule has 1 aromatic rings. The number of guanidine groups is 1. The zero-order valence-corrected chi connectivity index (χ0v) is 14.5. The fourth-order valence-corrected chi connectivity index (χ4v) is 2.73. The van der Waals surface area contributed by atoms with Crippen molar-refractivity contribution in [2.45, 2.75) is 26.3 Å². The first-order valence-corrected chi connectivity index (χ1v) is 8.05. The second kappa shape index (κ2) is 8.50. The van der Waals surface area contributed by atoms with Gasteiger partial charge in [-0.3, -0.25) is 0 Å². The van der Waals surface area contributed by atoms with Crippen LogP contribution in [0.2, 0.25) is 0 Å². The molecule has 0 saturated carbocycles. The lowest BCUT2D eigenvalue weighted by Gasteiger charge is -2.21. The van der Waals surface area contributed by atoms with Crippen molar-refractivity contribution < 1.29 is 14.2 Å². The molecule has 128 valence electrons. The monoisotopic (exact) mass is 321 g/mol. The summed E-state index contributed by atoms with van der Waals surface area (Å²) < 4.78 is 16.2. The number of nitrogens with one attached hydrogen (secondary N) is 1. The van der Waals surface area contributed by atoms with Crippen molar-refractivity contribution in [2.24, 2.45) is 4.99 Å². The summed E-state index contributed by atoms with van der Waals surface area (Å²) in [7, 11) is 4.90. The molecule has 0 amide bonds. The highest BCUT2D eigenvalue weighted by atomic mass is 16.5. The van der Waals surface area contributed by atoms with Gasteiger partial charge in [-0.25, -0.2) is 4.99 Å². The van der Waals surface area contributed by atoms with Gasteiger partial charge in [-0.05, 0) is 25.8 Å². The molecule has 1 N–H and O–H groups in total. The molecule has 1 heterocycles. The van der Waals surface area contributed by atoms with Gasteiger partial charge in [0.05, 0.1) is 27.9 Å². The number of aliphatic imine (C=N–C) groups is 1. The van der Waals surface area contributed by atoms with Gasteiger partial charge in [-0.2, -0.15) is 0 Å². The van der Waals surface area contributed by atoms with E-state index in [1.807, 2.05) is 12.1 Å². The van der Waals surface area contributed by atoms with E-state index in [0.29, 0.717) is 18.0 Å². The van der Waals surface area contributed by atoms with E-state index in [0.717, 1.165) is 36.9 Å². The van der Waals surface area contributed by atoms with E-state index >= 15 is 0 Å². The molecule has 0 spiro atoms. The predicted molar refractivity (Wildman–Crippen MR) is 91.7 cm³/mol. The fourth-order valence-electron chi connectivity index (χ4n) is 2.73. The van der Waals surface area contributed by atoms with Gasteiger partial charge in [-0.1, -0.05) is 0 Å². The molecule has 23 heavy (non-hydrogen) atoms. The summed E-state index contributed by atoms with van der Waals surface area (Å²) in [6.45, 7) is 5.60. The molecule has 2 rings (SSSR count). The maximum absolute atomic E-state index is 5.47. The van der Waals surface area contributed by atoms with Crippen LogP contribution in [-0.4, -0.2) is 51.8 Å². The number of benzene rings is 1. The van der Waals surface area contributed by atoms with Crippen LogP contribution in [0.25, 0.3) is 0 Å². The molecule has 6 heteroatoms. The molecule has 1 fully saturated rings. The first-order chi connectivity index (χ1) is 11.2. The van der Waals surface area contributed by atoms with Gasteiger partial charge in [0.25, 0.3) is 0 Å². The van der Waals surface area contributed by atoms with Crippen LogP contribution < -0.4 is 19.5 Å². The zero-order chi connectivity index (χ0) is 16.7. The van der Waals surface area contributed by atoms with Gasteiger partial charge in [0.15, 0.2) is 17.5 Å². The smallest absolute Gasteiger partial charge is 0.194 e. The number of ether oxygens (including phenoxy) is 3. The summed E-state index contributed by atoms with van der Waals surface area (Å²) >= 11 is 0. The van der Waals surface area contributed by atoms with Gasteiger partial charge in [0.1, 0.15) is 5.75 Å². The van der Waals surface area contributed by atoms with Crippen molar-refractivity contribution in [3.63, 3.8) is 0 Å². The second-order valence-corrected chi connectivity index (χ2v) is 5.38. The van der Waals surface area contributed by atoms with Gasteiger partial charge in [-0.15, -0.1) is 0 Å². The van der Waals surface area contributed by atoms with Gasteiger partial charge in [0, 0.05) is 31.3 Å². The number of rotatable bonds is 6. The van der Waals surface area contributed by atoms with Crippen LogP contribution in [0.5, 0.6) is 17.2 Å². The molecule has 1 saturated heterocycles. The van der Waals surface area contributed by atoms with Crippen molar-refractivity contribution in [1.82, 2.24) is 10.2 Å². The van der Waals surface area contributed by atoms with Crippen LogP contribution in [0.15, 0.2) is 17.1 Å². The third-order valence-corrected chi connectivity index (χ3v) is 3.93. The maximum atomic E-state index is 5.47. The lowest BCUT2D eigenvalue weighted by Crippen LogP contribution is -2.39. The Kier molecular flexibility index (Phi) is 6.38. The molecule has 0 atom stereocenters. The Hall–Kier alpha value is -2.11. The van der Waals surface area contributed by atoms with Gasteiger partial charge in [0.2, 0.25) is 0 Å². The normalized spacial score (nSPS) is 14.8. The summed E-state index contributed by atoms with van der Waals surface area (Å²) in [5.74, 6) is 3.05. The van der Waals surface area contributed by atoms with E-state index in [1.165, 1.54) is 12.8 Å². The van der Waals surface area contributed by atoms with E-state index in [-0.39, 0.29) is 0 Å². The van der Waals surface area contributed by atoms with Crippen LogP contribution in [0.3, 0.4) is 0 Å². The summed E-state index contributed by atoms with van der Waals surface area (Å²) in [5.41, 5.74) is 0.972. The highest BCUT2D eigenvalue weighted by Crippen LogP contribution is 2.34. The van der Waals surface area contributed by atoms with Crippen molar-refractivity contribution >= 4 is 5.96 Å². The van der Waals surface area contributed by atoms with E-state index < -0.39 is 0 Å². The molecule has 0 radical (unpaired) electrons. The van der Waals surface area contributed by atoms with E-state index in [9.17, 15) is 0 Å². The van der Waals surface area contributed by atoms with Crippen LogP contribution in [0.1, 0.15) is 25.3 Å². The second-order valence-electron chi connectivity index (χ2n) is 5.38. The molecule has 0 aliphatic carbocycles. The largest absolute Gasteiger partial charge is 0.496 e. The third kappa shape index (κ3) is 4.21. The van der Waals surface area contributed by atoms with Crippen molar-refractivity contribution in [2.75, 3.05) is 41.0 Å². The molecule has 1 aliphatic heterocycles. The highest BCUT2D eigenvalue weighted by molar-refractivity contribution is 5.80. The van der Waals surface area contributed by atoms with E-state index in [4.69, 9.17) is 19.2 Å². The lowest BCUT2D eigenvalue weighted by atomic mass is 10.1. The Morgan fingerprint density at radius 2 is 1.65 bits per heavy atom. The molecule has 0 unspecified atom stereocenters. The standard InChI is InChI=1S/C17H27N3O3/c1-5-18-17(20-8-6-7-9-20)19-12-13-10-15(22-3)16(23-4)11-14(13)21-2/h10-11H,5-9,12H2,1-4H3,(H,18,19).